The standard InChI is InChI=1S/C16H17N3O2/c20-15-12-8-10-4-1-2-7-14(10)21-9-13(12)18-16(19-15)17-11-5-3-6-11/h1-2,4,7,11H,3,5-6,8-9H2,(H2,17,18,19,20). The Labute approximate surface area is 122 Å². The van der Waals surface area contributed by atoms with Crippen LogP contribution in [0.25, 0.3) is 0 Å². The number of anilines is 1. The summed E-state index contributed by atoms with van der Waals surface area (Å²) >= 11 is 0. The lowest BCUT2D eigenvalue weighted by Crippen LogP contribution is -2.30. The van der Waals surface area contributed by atoms with Gasteiger partial charge in [-0.3, -0.25) is 9.78 Å². The van der Waals surface area contributed by atoms with Gasteiger partial charge in [-0.1, -0.05) is 18.2 Å². The molecule has 1 saturated carbocycles. The Bertz CT molecular complexity index is 735. The monoisotopic (exact) mass is 283 g/mol. The number of hydrogen-bond donors (Lipinski definition) is 2. The highest BCUT2D eigenvalue weighted by Crippen LogP contribution is 2.26. The molecule has 2 heterocycles. The molecule has 1 aromatic carbocycles. The highest BCUT2D eigenvalue weighted by Gasteiger charge is 2.21. The van der Waals surface area contributed by atoms with Gasteiger partial charge in [0.1, 0.15) is 12.4 Å². The van der Waals surface area contributed by atoms with Crippen LogP contribution >= 0.6 is 0 Å². The van der Waals surface area contributed by atoms with Crippen LogP contribution in [-0.4, -0.2) is 16.0 Å². The lowest BCUT2D eigenvalue weighted by atomic mass is 9.93. The Kier molecular flexibility index (Phi) is 2.91. The van der Waals surface area contributed by atoms with Crippen molar-refractivity contribution in [2.75, 3.05) is 5.32 Å². The van der Waals surface area contributed by atoms with E-state index in [0.717, 1.165) is 29.8 Å². The molecule has 108 valence electrons. The molecule has 2 N–H and O–H groups in total. The highest BCUT2D eigenvalue weighted by atomic mass is 16.5. The molecule has 1 aliphatic carbocycles. The van der Waals surface area contributed by atoms with Crippen molar-refractivity contribution in [1.82, 2.24) is 9.97 Å². The van der Waals surface area contributed by atoms with Crippen LogP contribution in [0.4, 0.5) is 5.95 Å². The number of ether oxygens (including phenoxy) is 1. The largest absolute Gasteiger partial charge is 0.487 e. The van der Waals surface area contributed by atoms with Gasteiger partial charge >= 0.3 is 0 Å². The van der Waals surface area contributed by atoms with E-state index in [1.54, 1.807) is 0 Å². The summed E-state index contributed by atoms with van der Waals surface area (Å²) in [7, 11) is 0. The van der Waals surface area contributed by atoms with Crippen molar-refractivity contribution in [1.29, 1.82) is 0 Å². The van der Waals surface area contributed by atoms with Gasteiger partial charge in [0, 0.05) is 18.0 Å². The SMILES string of the molecule is O=c1[nH]c(NC2CCC2)nc2c1Cc1ccccc1OC2. The number of aromatic amines is 1. The number of para-hydroxylation sites is 1. The van der Waals surface area contributed by atoms with E-state index in [1.165, 1.54) is 6.42 Å². The molecule has 5 heteroatoms. The average molecular weight is 283 g/mol. The van der Waals surface area contributed by atoms with Crippen molar-refractivity contribution in [3.05, 3.63) is 51.4 Å². The fraction of sp³-hybridized carbons (Fsp3) is 0.375. The third kappa shape index (κ3) is 2.28. The van der Waals surface area contributed by atoms with E-state index < -0.39 is 0 Å². The first-order valence-electron chi connectivity index (χ1n) is 7.39. The molecule has 2 aromatic rings. The van der Waals surface area contributed by atoms with Crippen LogP contribution < -0.4 is 15.6 Å². The van der Waals surface area contributed by atoms with Crippen LogP contribution in [0.15, 0.2) is 29.1 Å². The number of nitrogens with zero attached hydrogens (tertiary/aromatic N) is 1. The van der Waals surface area contributed by atoms with E-state index in [0.29, 0.717) is 30.6 Å². The van der Waals surface area contributed by atoms with E-state index >= 15 is 0 Å². The second-order valence-electron chi connectivity index (χ2n) is 5.69. The fourth-order valence-electron chi connectivity index (χ4n) is 2.79. The van der Waals surface area contributed by atoms with E-state index in [9.17, 15) is 4.79 Å². The predicted octanol–water partition coefficient (Wildman–Crippen LogP) is 2.22. The minimum atomic E-state index is -0.0675. The van der Waals surface area contributed by atoms with Gasteiger partial charge in [-0.15, -0.1) is 0 Å². The van der Waals surface area contributed by atoms with Crippen molar-refractivity contribution < 1.29 is 4.74 Å². The Morgan fingerprint density at radius 3 is 2.95 bits per heavy atom. The molecule has 1 fully saturated rings. The molecule has 21 heavy (non-hydrogen) atoms. The van der Waals surface area contributed by atoms with Gasteiger partial charge in [0.15, 0.2) is 0 Å². The van der Waals surface area contributed by atoms with Crippen molar-refractivity contribution >= 4 is 5.95 Å². The number of rotatable bonds is 2. The van der Waals surface area contributed by atoms with Crippen LogP contribution in [0.1, 0.15) is 36.1 Å². The molecule has 4 rings (SSSR count). The summed E-state index contributed by atoms with van der Waals surface area (Å²) in [5.41, 5.74) is 2.40. The first kappa shape index (κ1) is 12.4. The molecule has 0 unspecified atom stereocenters. The molecule has 0 bridgehead atoms. The number of H-pyrrole nitrogens is 1. The second kappa shape index (κ2) is 4.91. The number of aromatic nitrogens is 2. The topological polar surface area (TPSA) is 67.0 Å². The number of nitrogens with one attached hydrogen (secondary N) is 2. The first-order valence-corrected chi connectivity index (χ1v) is 7.39. The summed E-state index contributed by atoms with van der Waals surface area (Å²) in [6.07, 6.45) is 4.09. The van der Waals surface area contributed by atoms with Crippen LogP contribution in [0, 0.1) is 0 Å². The first-order chi connectivity index (χ1) is 10.3. The van der Waals surface area contributed by atoms with Gasteiger partial charge in [-0.05, 0) is 30.9 Å². The maximum Gasteiger partial charge on any atom is 0.256 e. The molecular formula is C16H17N3O2. The lowest BCUT2D eigenvalue weighted by Gasteiger charge is -2.26. The normalized spacial score (nSPS) is 17.0. The highest BCUT2D eigenvalue weighted by molar-refractivity contribution is 5.41. The smallest absolute Gasteiger partial charge is 0.256 e. The summed E-state index contributed by atoms with van der Waals surface area (Å²) in [5, 5.41) is 3.29. The van der Waals surface area contributed by atoms with Crippen molar-refractivity contribution in [2.45, 2.75) is 38.3 Å². The molecule has 0 amide bonds. The van der Waals surface area contributed by atoms with Gasteiger partial charge < -0.3 is 10.1 Å². The number of benzene rings is 1. The van der Waals surface area contributed by atoms with Crippen molar-refractivity contribution in [3.63, 3.8) is 0 Å². The molecule has 0 spiro atoms. The zero-order valence-electron chi connectivity index (χ0n) is 11.7. The molecule has 1 aliphatic heterocycles. The number of fused-ring (bicyclic) bond motifs is 2. The van der Waals surface area contributed by atoms with Crippen molar-refractivity contribution in [3.8, 4) is 5.75 Å². The fourth-order valence-corrected chi connectivity index (χ4v) is 2.79. The molecular weight excluding hydrogens is 266 g/mol. The van der Waals surface area contributed by atoms with E-state index in [1.807, 2.05) is 24.3 Å². The summed E-state index contributed by atoms with van der Waals surface area (Å²) in [6.45, 7) is 0.343. The second-order valence-corrected chi connectivity index (χ2v) is 5.69. The van der Waals surface area contributed by atoms with Crippen LogP contribution in [0.2, 0.25) is 0 Å². The molecule has 0 radical (unpaired) electrons. The summed E-state index contributed by atoms with van der Waals surface area (Å²) in [4.78, 5) is 19.8. The zero-order chi connectivity index (χ0) is 14.2. The molecule has 5 nitrogen and oxygen atoms in total. The van der Waals surface area contributed by atoms with E-state index in [-0.39, 0.29) is 5.56 Å². The van der Waals surface area contributed by atoms with Gasteiger partial charge in [-0.2, -0.15) is 0 Å². The molecule has 0 saturated heterocycles. The van der Waals surface area contributed by atoms with Gasteiger partial charge in [-0.25, -0.2) is 4.98 Å². The van der Waals surface area contributed by atoms with E-state index in [2.05, 4.69) is 15.3 Å². The predicted molar refractivity (Wildman–Crippen MR) is 79.7 cm³/mol. The van der Waals surface area contributed by atoms with Crippen LogP contribution in [0.5, 0.6) is 5.75 Å². The molecule has 0 atom stereocenters. The summed E-state index contributed by atoms with van der Waals surface area (Å²) in [5.74, 6) is 1.40. The molecule has 2 aliphatic rings. The Hall–Kier alpha value is -2.30. The van der Waals surface area contributed by atoms with E-state index in [4.69, 9.17) is 4.74 Å². The van der Waals surface area contributed by atoms with Crippen LogP contribution in [-0.2, 0) is 13.0 Å². The number of hydrogen-bond acceptors (Lipinski definition) is 4. The minimum Gasteiger partial charge on any atom is -0.487 e. The average Bonchev–Trinajstić information content (AvgIpc) is 2.63. The Balaban J connectivity index is 1.69. The van der Waals surface area contributed by atoms with Gasteiger partial charge in [0.05, 0.1) is 5.69 Å². The van der Waals surface area contributed by atoms with Crippen LogP contribution in [0.3, 0.4) is 0 Å². The Morgan fingerprint density at radius 2 is 2.14 bits per heavy atom. The minimum absolute atomic E-state index is 0.0675. The summed E-state index contributed by atoms with van der Waals surface area (Å²) < 4.78 is 5.79. The third-order valence-electron chi connectivity index (χ3n) is 4.25. The third-order valence-corrected chi connectivity index (χ3v) is 4.25. The maximum absolute atomic E-state index is 12.3. The summed E-state index contributed by atoms with van der Waals surface area (Å²) in [6, 6.07) is 8.26. The maximum atomic E-state index is 12.3. The van der Waals surface area contributed by atoms with Gasteiger partial charge in [0.2, 0.25) is 5.95 Å². The van der Waals surface area contributed by atoms with Crippen molar-refractivity contribution in [2.24, 2.45) is 0 Å². The zero-order valence-corrected chi connectivity index (χ0v) is 11.7. The quantitative estimate of drug-likeness (QED) is 0.887. The van der Waals surface area contributed by atoms with Gasteiger partial charge in [0.25, 0.3) is 5.56 Å². The Morgan fingerprint density at radius 1 is 1.29 bits per heavy atom. The lowest BCUT2D eigenvalue weighted by molar-refractivity contribution is 0.302. The molecule has 1 aromatic heterocycles.